The van der Waals surface area contributed by atoms with Crippen molar-refractivity contribution in [2.45, 2.75) is 53.5 Å². The van der Waals surface area contributed by atoms with Crippen molar-refractivity contribution in [2.75, 3.05) is 6.61 Å². The number of hydrogen-bond donors (Lipinski definition) is 3. The highest BCUT2D eigenvalue weighted by molar-refractivity contribution is 6.05. The van der Waals surface area contributed by atoms with Crippen molar-refractivity contribution in [2.24, 2.45) is 10.9 Å². The van der Waals surface area contributed by atoms with Gasteiger partial charge in [-0.2, -0.15) is 5.10 Å². The molecule has 4 N–H and O–H groups in total. The molecule has 0 aliphatic heterocycles. The number of unbranched alkanes of at least 4 members (excludes halogenated alkanes) is 1. The number of hydrazine groups is 1. The minimum Gasteiger partial charge on any atom is -0.505 e. The molecule has 1 aromatic heterocycles. The van der Waals surface area contributed by atoms with E-state index in [1.165, 1.54) is 0 Å². The Morgan fingerprint density at radius 2 is 2.09 bits per heavy atom. The number of esters is 1. The largest absolute Gasteiger partial charge is 0.505 e. The highest BCUT2D eigenvalue weighted by atomic mass is 16.5. The van der Waals surface area contributed by atoms with E-state index in [1.54, 1.807) is 13.8 Å². The summed E-state index contributed by atoms with van der Waals surface area (Å²) in [5.74, 6) is 4.63. The number of carbonyl (C=O) groups is 1. The van der Waals surface area contributed by atoms with E-state index < -0.39 is 5.97 Å². The third kappa shape index (κ3) is 3.59. The summed E-state index contributed by atoms with van der Waals surface area (Å²) in [6.07, 6.45) is 2.54. The number of nitrogens with two attached hydrogens (primary N) is 1. The Kier molecular flexibility index (Phi) is 6.91. The zero-order valence-corrected chi connectivity index (χ0v) is 13.8. The van der Waals surface area contributed by atoms with Gasteiger partial charge in [0.05, 0.1) is 12.3 Å². The third-order valence-electron chi connectivity index (χ3n) is 3.47. The van der Waals surface area contributed by atoms with E-state index in [4.69, 9.17) is 10.6 Å². The smallest absolute Gasteiger partial charge is 0.343 e. The number of hydrazone groups is 1. The molecule has 0 atom stereocenters. The second-order valence-corrected chi connectivity index (χ2v) is 4.92. The molecule has 1 heterocycles. The summed E-state index contributed by atoms with van der Waals surface area (Å²) in [7, 11) is 0. The molecule has 1 rings (SSSR count). The Hall–Kier alpha value is -2.02. The summed E-state index contributed by atoms with van der Waals surface area (Å²) >= 11 is 0. The molecule has 0 fully saturated rings. The Labute approximate surface area is 131 Å². The number of ether oxygens (including phenoxy) is 1. The molecule has 0 amide bonds. The van der Waals surface area contributed by atoms with Gasteiger partial charge >= 0.3 is 5.97 Å². The van der Waals surface area contributed by atoms with Crippen LogP contribution in [-0.2, 0) is 17.7 Å². The Morgan fingerprint density at radius 1 is 1.41 bits per heavy atom. The maximum absolute atomic E-state index is 12.2. The number of rotatable bonds is 8. The van der Waals surface area contributed by atoms with Crippen molar-refractivity contribution in [3.63, 3.8) is 0 Å². The monoisotopic (exact) mass is 310 g/mol. The fourth-order valence-electron chi connectivity index (χ4n) is 2.52. The summed E-state index contributed by atoms with van der Waals surface area (Å²) in [5.41, 5.74) is 4.23. The standard InChI is InChI=1S/C15H26N4O3/c1-5-8-9-19-11(6-2)12(15(21)22-7-3)14(20)13(19)10(4)17-18-16/h18,20H,5-9,16H2,1-4H3/b17-10+. The Morgan fingerprint density at radius 3 is 2.59 bits per heavy atom. The van der Waals surface area contributed by atoms with Crippen LogP contribution < -0.4 is 11.4 Å². The van der Waals surface area contributed by atoms with Crippen LogP contribution in [0.15, 0.2) is 5.10 Å². The Balaban J connectivity index is 3.52. The molecule has 0 spiro atoms. The molecule has 0 unspecified atom stereocenters. The van der Waals surface area contributed by atoms with Gasteiger partial charge in [0.25, 0.3) is 0 Å². The van der Waals surface area contributed by atoms with Gasteiger partial charge in [-0.1, -0.05) is 20.3 Å². The summed E-state index contributed by atoms with van der Waals surface area (Å²) in [6, 6.07) is 0. The van der Waals surface area contributed by atoms with Crippen molar-refractivity contribution in [1.82, 2.24) is 10.1 Å². The first-order valence-electron chi connectivity index (χ1n) is 7.64. The predicted octanol–water partition coefficient (Wildman–Crippen LogP) is 1.92. The van der Waals surface area contributed by atoms with E-state index in [0.717, 1.165) is 18.5 Å². The SMILES string of the molecule is CCCCn1c(CC)c(C(=O)OCC)c(O)c1/C(C)=N/NN. The van der Waals surface area contributed by atoms with Crippen molar-refractivity contribution in [3.05, 3.63) is 17.0 Å². The van der Waals surface area contributed by atoms with Crippen LogP contribution in [-0.4, -0.2) is 28.0 Å². The maximum atomic E-state index is 12.2. The van der Waals surface area contributed by atoms with E-state index in [-0.39, 0.29) is 17.9 Å². The van der Waals surface area contributed by atoms with Gasteiger partial charge < -0.3 is 14.4 Å². The molecule has 22 heavy (non-hydrogen) atoms. The predicted molar refractivity (Wildman–Crippen MR) is 85.9 cm³/mol. The molecule has 0 saturated heterocycles. The lowest BCUT2D eigenvalue weighted by Gasteiger charge is -2.12. The number of carbonyl (C=O) groups excluding carboxylic acids is 1. The maximum Gasteiger partial charge on any atom is 0.343 e. The first-order valence-corrected chi connectivity index (χ1v) is 7.64. The van der Waals surface area contributed by atoms with Crippen LogP contribution in [0.25, 0.3) is 0 Å². The minimum absolute atomic E-state index is 0.0945. The van der Waals surface area contributed by atoms with E-state index in [1.807, 2.05) is 11.5 Å². The van der Waals surface area contributed by atoms with Gasteiger partial charge in [-0.05, 0) is 26.7 Å². The zero-order chi connectivity index (χ0) is 16.7. The normalized spacial score (nSPS) is 11.6. The molecule has 7 nitrogen and oxygen atoms in total. The quantitative estimate of drug-likeness (QED) is 0.295. The molecule has 0 aliphatic carbocycles. The van der Waals surface area contributed by atoms with Crippen molar-refractivity contribution in [3.8, 4) is 5.75 Å². The first kappa shape index (κ1) is 18.0. The molecular formula is C15H26N4O3. The van der Waals surface area contributed by atoms with E-state index in [0.29, 0.717) is 24.4 Å². The van der Waals surface area contributed by atoms with Crippen molar-refractivity contribution in [1.29, 1.82) is 0 Å². The number of aromatic nitrogens is 1. The van der Waals surface area contributed by atoms with Crippen molar-refractivity contribution >= 4 is 11.7 Å². The lowest BCUT2D eigenvalue weighted by molar-refractivity contribution is 0.0522. The molecule has 0 radical (unpaired) electrons. The Bertz CT molecular complexity index is 549. The molecule has 1 aromatic rings. The summed E-state index contributed by atoms with van der Waals surface area (Å²) < 4.78 is 7.00. The summed E-state index contributed by atoms with van der Waals surface area (Å²) in [6.45, 7) is 8.45. The molecule has 124 valence electrons. The molecule has 0 saturated carbocycles. The fourth-order valence-corrected chi connectivity index (χ4v) is 2.52. The van der Waals surface area contributed by atoms with Crippen LogP contribution in [0, 0.1) is 0 Å². The second kappa shape index (κ2) is 8.43. The van der Waals surface area contributed by atoms with Gasteiger partial charge in [0.1, 0.15) is 11.3 Å². The van der Waals surface area contributed by atoms with Gasteiger partial charge in [0.15, 0.2) is 5.75 Å². The lowest BCUT2D eigenvalue weighted by Crippen LogP contribution is -2.19. The first-order chi connectivity index (χ1) is 10.5. The van der Waals surface area contributed by atoms with Crippen LogP contribution in [0.3, 0.4) is 0 Å². The third-order valence-corrected chi connectivity index (χ3v) is 3.47. The topological polar surface area (TPSA) is 102 Å². The molecule has 0 aliphatic rings. The van der Waals surface area contributed by atoms with E-state index in [2.05, 4.69) is 17.6 Å². The average Bonchev–Trinajstić information content (AvgIpc) is 2.77. The van der Waals surface area contributed by atoms with Crippen LogP contribution in [0.4, 0.5) is 0 Å². The lowest BCUT2D eigenvalue weighted by atomic mass is 10.1. The van der Waals surface area contributed by atoms with Gasteiger partial charge in [-0.15, -0.1) is 0 Å². The van der Waals surface area contributed by atoms with Gasteiger partial charge in [-0.25, -0.2) is 16.2 Å². The molecular weight excluding hydrogens is 284 g/mol. The molecule has 0 bridgehead atoms. The molecule has 0 aromatic carbocycles. The van der Waals surface area contributed by atoms with Crippen LogP contribution in [0.5, 0.6) is 5.75 Å². The second-order valence-electron chi connectivity index (χ2n) is 4.92. The van der Waals surface area contributed by atoms with Gasteiger partial charge in [-0.3, -0.25) is 0 Å². The number of aromatic hydroxyl groups is 1. The number of hydrogen-bond acceptors (Lipinski definition) is 6. The van der Waals surface area contributed by atoms with Crippen LogP contribution >= 0.6 is 0 Å². The highest BCUT2D eigenvalue weighted by Gasteiger charge is 2.28. The van der Waals surface area contributed by atoms with Crippen molar-refractivity contribution < 1.29 is 14.6 Å². The van der Waals surface area contributed by atoms with Crippen LogP contribution in [0.1, 0.15) is 62.3 Å². The van der Waals surface area contributed by atoms with Crippen LogP contribution in [0.2, 0.25) is 0 Å². The summed E-state index contributed by atoms with van der Waals surface area (Å²) in [4.78, 5) is 12.2. The number of nitrogens with zero attached hydrogens (tertiary/aromatic N) is 2. The molecule has 7 heteroatoms. The minimum atomic E-state index is -0.512. The van der Waals surface area contributed by atoms with Gasteiger partial charge in [0, 0.05) is 12.2 Å². The summed E-state index contributed by atoms with van der Waals surface area (Å²) in [5, 5.41) is 14.5. The zero-order valence-electron chi connectivity index (χ0n) is 13.8. The van der Waals surface area contributed by atoms with E-state index >= 15 is 0 Å². The van der Waals surface area contributed by atoms with Gasteiger partial charge in [0.2, 0.25) is 0 Å². The van der Waals surface area contributed by atoms with E-state index in [9.17, 15) is 9.90 Å². The fraction of sp³-hybridized carbons (Fsp3) is 0.600. The number of nitrogens with one attached hydrogen (secondary N) is 1. The highest BCUT2D eigenvalue weighted by Crippen LogP contribution is 2.32. The average molecular weight is 310 g/mol.